The molecular formula is C16H19F3O4. The highest BCUT2D eigenvalue weighted by Crippen LogP contribution is 2.53. The molecule has 7 heteroatoms. The molecule has 128 valence electrons. The van der Waals surface area contributed by atoms with E-state index in [4.69, 9.17) is 9.47 Å². The Bertz CT molecular complexity index is 598. The van der Waals surface area contributed by atoms with Crippen molar-refractivity contribution in [3.63, 3.8) is 0 Å². The molecule has 1 aliphatic rings. The average molecular weight is 332 g/mol. The first-order valence-corrected chi connectivity index (χ1v) is 7.15. The van der Waals surface area contributed by atoms with Gasteiger partial charge in [0.2, 0.25) is 0 Å². The maximum absolute atomic E-state index is 12.4. The van der Waals surface area contributed by atoms with Crippen LogP contribution in [0.25, 0.3) is 0 Å². The van der Waals surface area contributed by atoms with E-state index in [0.717, 1.165) is 6.07 Å². The molecule has 0 heterocycles. The van der Waals surface area contributed by atoms with E-state index in [1.54, 1.807) is 20.8 Å². The smallest absolute Gasteiger partial charge is 0.496 e. The number of benzene rings is 1. The van der Waals surface area contributed by atoms with Gasteiger partial charge in [-0.25, -0.2) is 0 Å². The number of halogens is 3. The van der Waals surface area contributed by atoms with Gasteiger partial charge in [0, 0.05) is 11.6 Å². The first kappa shape index (κ1) is 17.4. The van der Waals surface area contributed by atoms with Gasteiger partial charge < -0.3 is 14.2 Å². The molecule has 0 saturated heterocycles. The number of methoxy groups -OCH3 is 1. The first-order valence-electron chi connectivity index (χ1n) is 7.15. The lowest BCUT2D eigenvalue weighted by atomic mass is 9.94. The predicted octanol–water partition coefficient (Wildman–Crippen LogP) is 3.97. The van der Waals surface area contributed by atoms with Crippen LogP contribution in [0.15, 0.2) is 18.2 Å². The van der Waals surface area contributed by atoms with E-state index in [1.807, 2.05) is 0 Å². The monoisotopic (exact) mass is 332 g/mol. The minimum absolute atomic E-state index is 0.176. The third-order valence-electron chi connectivity index (χ3n) is 3.46. The predicted molar refractivity (Wildman–Crippen MR) is 76.4 cm³/mol. The van der Waals surface area contributed by atoms with E-state index < -0.39 is 29.1 Å². The molecule has 4 nitrogen and oxygen atoms in total. The second kappa shape index (κ2) is 5.62. The van der Waals surface area contributed by atoms with Gasteiger partial charge in [-0.05, 0) is 39.7 Å². The third kappa shape index (κ3) is 4.09. The van der Waals surface area contributed by atoms with E-state index in [0.29, 0.717) is 18.4 Å². The SMILES string of the molecule is COc1cc(OC(F)(F)F)ccc1C1(C(=O)OC(C)(C)C)CC1. The van der Waals surface area contributed by atoms with Crippen LogP contribution in [0.2, 0.25) is 0 Å². The number of rotatable bonds is 4. The Morgan fingerprint density at radius 1 is 1.17 bits per heavy atom. The van der Waals surface area contributed by atoms with Crippen molar-refractivity contribution >= 4 is 5.97 Å². The van der Waals surface area contributed by atoms with Crippen molar-refractivity contribution in [2.75, 3.05) is 7.11 Å². The second-order valence-corrected chi connectivity index (χ2v) is 6.49. The van der Waals surface area contributed by atoms with Crippen molar-refractivity contribution in [1.82, 2.24) is 0 Å². The van der Waals surface area contributed by atoms with Crippen LogP contribution >= 0.6 is 0 Å². The van der Waals surface area contributed by atoms with Crippen molar-refractivity contribution in [2.24, 2.45) is 0 Å². The zero-order chi connectivity index (χ0) is 17.5. The second-order valence-electron chi connectivity index (χ2n) is 6.49. The Morgan fingerprint density at radius 2 is 1.78 bits per heavy atom. The molecule has 0 amide bonds. The molecule has 2 rings (SSSR count). The minimum Gasteiger partial charge on any atom is -0.496 e. The van der Waals surface area contributed by atoms with Gasteiger partial charge in [0.05, 0.1) is 12.5 Å². The van der Waals surface area contributed by atoms with E-state index in [9.17, 15) is 18.0 Å². The molecule has 1 aliphatic carbocycles. The number of hydrogen-bond acceptors (Lipinski definition) is 4. The summed E-state index contributed by atoms with van der Waals surface area (Å²) in [5.41, 5.74) is -0.974. The van der Waals surface area contributed by atoms with Crippen LogP contribution in [0.4, 0.5) is 13.2 Å². The molecule has 0 aliphatic heterocycles. The summed E-state index contributed by atoms with van der Waals surface area (Å²) in [5, 5.41) is 0. The Hall–Kier alpha value is -1.92. The summed E-state index contributed by atoms with van der Waals surface area (Å²) in [7, 11) is 1.33. The number of ether oxygens (including phenoxy) is 3. The van der Waals surface area contributed by atoms with Crippen LogP contribution in [0.3, 0.4) is 0 Å². The Morgan fingerprint density at radius 3 is 2.22 bits per heavy atom. The fourth-order valence-corrected chi connectivity index (χ4v) is 2.35. The van der Waals surface area contributed by atoms with Gasteiger partial charge in [-0.3, -0.25) is 4.79 Å². The summed E-state index contributed by atoms with van der Waals surface area (Å²) < 4.78 is 51.4. The summed E-state index contributed by atoms with van der Waals surface area (Å²) in [4.78, 5) is 12.4. The van der Waals surface area contributed by atoms with Gasteiger partial charge in [-0.15, -0.1) is 13.2 Å². The van der Waals surface area contributed by atoms with Crippen LogP contribution < -0.4 is 9.47 Å². The van der Waals surface area contributed by atoms with Crippen molar-refractivity contribution in [1.29, 1.82) is 0 Å². The van der Waals surface area contributed by atoms with Gasteiger partial charge in [0.1, 0.15) is 17.1 Å². The molecule has 1 aromatic carbocycles. The number of alkyl halides is 3. The van der Waals surface area contributed by atoms with Gasteiger partial charge in [-0.2, -0.15) is 0 Å². The van der Waals surface area contributed by atoms with Crippen molar-refractivity contribution < 1.29 is 32.2 Å². The Balaban J connectivity index is 2.31. The van der Waals surface area contributed by atoms with Crippen molar-refractivity contribution in [2.45, 2.75) is 51.0 Å². The molecule has 0 radical (unpaired) electrons. The molecular weight excluding hydrogens is 313 g/mol. The highest BCUT2D eigenvalue weighted by atomic mass is 19.4. The van der Waals surface area contributed by atoms with Gasteiger partial charge in [0.25, 0.3) is 0 Å². The number of hydrogen-bond donors (Lipinski definition) is 0. The maximum atomic E-state index is 12.4. The van der Waals surface area contributed by atoms with Crippen LogP contribution in [-0.2, 0) is 14.9 Å². The maximum Gasteiger partial charge on any atom is 0.573 e. The lowest BCUT2D eigenvalue weighted by Gasteiger charge is -2.25. The average Bonchev–Trinajstić information content (AvgIpc) is 3.16. The molecule has 0 spiro atoms. The quantitative estimate of drug-likeness (QED) is 0.783. The summed E-state index contributed by atoms with van der Waals surface area (Å²) in [6, 6.07) is 3.74. The van der Waals surface area contributed by atoms with Crippen molar-refractivity contribution in [3.05, 3.63) is 23.8 Å². The van der Waals surface area contributed by atoms with E-state index in [2.05, 4.69) is 4.74 Å². The number of carbonyl (C=O) groups excluding carboxylic acids is 1. The molecule has 1 aromatic rings. The highest BCUT2D eigenvalue weighted by Gasteiger charge is 2.55. The number of carbonyl (C=O) groups is 1. The van der Waals surface area contributed by atoms with Crippen LogP contribution in [0, 0.1) is 0 Å². The number of esters is 1. The van der Waals surface area contributed by atoms with E-state index in [1.165, 1.54) is 19.2 Å². The fourth-order valence-electron chi connectivity index (χ4n) is 2.35. The van der Waals surface area contributed by atoms with Crippen molar-refractivity contribution in [3.8, 4) is 11.5 Å². The zero-order valence-corrected chi connectivity index (χ0v) is 13.4. The molecule has 0 N–H and O–H groups in total. The third-order valence-corrected chi connectivity index (χ3v) is 3.46. The van der Waals surface area contributed by atoms with Crippen LogP contribution in [0.1, 0.15) is 39.2 Å². The summed E-state index contributed by atoms with van der Waals surface area (Å²) in [6.07, 6.45) is -3.65. The normalized spacial score (nSPS) is 16.7. The summed E-state index contributed by atoms with van der Waals surface area (Å²) in [6.45, 7) is 5.29. The topological polar surface area (TPSA) is 44.8 Å². The fraction of sp³-hybridized carbons (Fsp3) is 0.562. The highest BCUT2D eigenvalue weighted by molar-refractivity contribution is 5.88. The summed E-state index contributed by atoms with van der Waals surface area (Å²) >= 11 is 0. The molecule has 0 aromatic heterocycles. The molecule has 0 unspecified atom stereocenters. The molecule has 0 atom stereocenters. The van der Waals surface area contributed by atoms with Gasteiger partial charge in [-0.1, -0.05) is 6.07 Å². The van der Waals surface area contributed by atoms with Crippen LogP contribution in [0.5, 0.6) is 11.5 Å². The zero-order valence-electron chi connectivity index (χ0n) is 13.4. The molecule has 1 saturated carbocycles. The van der Waals surface area contributed by atoms with E-state index in [-0.39, 0.29) is 5.75 Å². The van der Waals surface area contributed by atoms with Gasteiger partial charge in [0.15, 0.2) is 0 Å². The lowest BCUT2D eigenvalue weighted by molar-refractivity contribution is -0.274. The summed E-state index contributed by atoms with van der Waals surface area (Å²) in [5.74, 6) is -0.610. The standard InChI is InChI=1S/C16H19F3O4/c1-14(2,3)23-13(20)15(7-8-15)11-6-5-10(9-12(11)21-4)22-16(17,18)19/h5-6,9H,7-8H2,1-4H3. The van der Waals surface area contributed by atoms with E-state index >= 15 is 0 Å². The first-order chi connectivity index (χ1) is 10.5. The lowest BCUT2D eigenvalue weighted by Crippen LogP contribution is -2.32. The Kier molecular flexibility index (Phi) is 4.26. The minimum atomic E-state index is -4.78. The largest absolute Gasteiger partial charge is 0.573 e. The Labute approximate surface area is 132 Å². The molecule has 23 heavy (non-hydrogen) atoms. The van der Waals surface area contributed by atoms with Gasteiger partial charge >= 0.3 is 12.3 Å². The molecule has 0 bridgehead atoms. The molecule has 1 fully saturated rings. The van der Waals surface area contributed by atoms with Crippen LogP contribution in [-0.4, -0.2) is 25.0 Å².